The lowest BCUT2D eigenvalue weighted by Crippen LogP contribution is -2.15. The van der Waals surface area contributed by atoms with Crippen molar-refractivity contribution in [3.05, 3.63) is 65.6 Å². The van der Waals surface area contributed by atoms with Gasteiger partial charge in [-0.2, -0.15) is 0 Å². The van der Waals surface area contributed by atoms with Gasteiger partial charge in [0.15, 0.2) is 18.1 Å². The minimum absolute atomic E-state index is 0.106. The molecule has 3 rings (SSSR count). The Morgan fingerprint density at radius 2 is 1.85 bits per heavy atom. The van der Waals surface area contributed by atoms with Gasteiger partial charge in [-0.05, 0) is 43.3 Å². The summed E-state index contributed by atoms with van der Waals surface area (Å²) in [5, 5.41) is 2.70. The van der Waals surface area contributed by atoms with Crippen LogP contribution in [0.2, 0.25) is 0 Å². The number of carbonyl (C=O) groups is 3. The highest BCUT2D eigenvalue weighted by molar-refractivity contribution is 5.99. The van der Waals surface area contributed by atoms with Gasteiger partial charge in [-0.1, -0.05) is 13.0 Å². The Morgan fingerprint density at radius 1 is 1.11 bits per heavy atom. The van der Waals surface area contributed by atoms with Crippen LogP contribution in [0.4, 0.5) is 5.69 Å². The average Bonchev–Trinajstić information content (AvgIpc) is 3.12. The molecule has 1 N–H and O–H groups in total. The fourth-order valence-corrected chi connectivity index (χ4v) is 2.52. The third-order valence-corrected chi connectivity index (χ3v) is 4.05. The third-order valence-electron chi connectivity index (χ3n) is 4.05. The fourth-order valence-electron chi connectivity index (χ4n) is 2.52. The normalized spacial score (nSPS) is 10.6. The number of nitrogens with zero attached hydrogens (tertiary/aromatic N) is 2. The number of anilines is 1. The number of hydrogen-bond acceptors (Lipinski definition) is 5. The van der Waals surface area contributed by atoms with Gasteiger partial charge in [0.2, 0.25) is 5.91 Å². The summed E-state index contributed by atoms with van der Waals surface area (Å²) < 4.78 is 6.87. The number of hydrogen-bond donors (Lipinski definition) is 1. The number of Topliss-reactive ketones (excluding diaryl/α,β-unsaturated/α-hetero) is 1. The van der Waals surface area contributed by atoms with Crippen molar-refractivity contribution < 1.29 is 19.1 Å². The summed E-state index contributed by atoms with van der Waals surface area (Å²) in [6.07, 6.45) is 1.96. The molecule has 27 heavy (non-hydrogen) atoms. The van der Waals surface area contributed by atoms with Crippen LogP contribution in [0.3, 0.4) is 0 Å². The molecular weight excluding hydrogens is 346 g/mol. The Kier molecular flexibility index (Phi) is 5.30. The second-order valence-electron chi connectivity index (χ2n) is 6.00. The summed E-state index contributed by atoms with van der Waals surface area (Å²) in [5.41, 5.74) is 2.72. The summed E-state index contributed by atoms with van der Waals surface area (Å²) in [5.74, 6) is -1.10. The molecule has 1 aromatic carbocycles. The Hall–Kier alpha value is -3.48. The lowest BCUT2D eigenvalue weighted by atomic mass is 10.1. The van der Waals surface area contributed by atoms with Gasteiger partial charge in [0.1, 0.15) is 5.65 Å². The number of aryl methyl sites for hydroxylation is 1. The number of esters is 1. The van der Waals surface area contributed by atoms with Crippen molar-refractivity contribution in [3.63, 3.8) is 0 Å². The topological polar surface area (TPSA) is 89.8 Å². The van der Waals surface area contributed by atoms with E-state index in [4.69, 9.17) is 4.74 Å². The molecule has 0 aliphatic rings. The number of carbonyl (C=O) groups excluding carboxylic acids is 3. The van der Waals surface area contributed by atoms with Crippen LogP contribution in [-0.4, -0.2) is 33.7 Å². The molecule has 7 nitrogen and oxygen atoms in total. The van der Waals surface area contributed by atoms with Crippen molar-refractivity contribution >= 4 is 29.0 Å². The molecule has 2 aromatic heterocycles. The smallest absolute Gasteiger partial charge is 0.359 e. The SMILES string of the molecule is CCC(=O)Nc1ccc(C(=O)COC(=O)c2cn3c(C)cccc3n2)cc1. The Bertz CT molecular complexity index is 1010. The van der Waals surface area contributed by atoms with E-state index in [0.717, 1.165) is 5.69 Å². The van der Waals surface area contributed by atoms with E-state index in [1.807, 2.05) is 19.1 Å². The quantitative estimate of drug-likeness (QED) is 0.536. The maximum atomic E-state index is 12.2. The molecule has 3 aromatic rings. The second-order valence-corrected chi connectivity index (χ2v) is 6.00. The molecule has 0 bridgehead atoms. The average molecular weight is 365 g/mol. The standard InChI is InChI=1S/C20H19N3O4/c1-3-19(25)21-15-9-7-14(8-10-15)17(24)12-27-20(26)16-11-23-13(2)5-4-6-18(23)22-16/h4-11H,3,12H2,1-2H3,(H,21,25). The zero-order valence-corrected chi connectivity index (χ0v) is 15.1. The molecule has 0 aliphatic heterocycles. The number of ether oxygens (including phenoxy) is 1. The van der Waals surface area contributed by atoms with Crippen LogP contribution in [0.1, 0.15) is 39.9 Å². The van der Waals surface area contributed by atoms with Crippen LogP contribution in [-0.2, 0) is 9.53 Å². The Labute approximate surface area is 156 Å². The van der Waals surface area contributed by atoms with Crippen molar-refractivity contribution in [1.82, 2.24) is 9.38 Å². The molecule has 0 aliphatic carbocycles. The van der Waals surface area contributed by atoms with Crippen molar-refractivity contribution in [2.75, 3.05) is 11.9 Å². The maximum absolute atomic E-state index is 12.2. The van der Waals surface area contributed by atoms with Gasteiger partial charge in [-0.3, -0.25) is 9.59 Å². The molecule has 0 saturated carbocycles. The van der Waals surface area contributed by atoms with Crippen LogP contribution < -0.4 is 5.32 Å². The predicted molar refractivity (Wildman–Crippen MR) is 99.9 cm³/mol. The maximum Gasteiger partial charge on any atom is 0.359 e. The van der Waals surface area contributed by atoms with Crippen molar-refractivity contribution in [1.29, 1.82) is 0 Å². The van der Waals surface area contributed by atoms with Crippen molar-refractivity contribution in [2.45, 2.75) is 20.3 Å². The van der Waals surface area contributed by atoms with Crippen molar-refractivity contribution in [2.24, 2.45) is 0 Å². The first-order chi connectivity index (χ1) is 13.0. The van der Waals surface area contributed by atoms with E-state index < -0.39 is 5.97 Å². The molecule has 138 valence electrons. The molecule has 0 spiro atoms. The third kappa shape index (κ3) is 4.20. The summed E-state index contributed by atoms with van der Waals surface area (Å²) in [6.45, 7) is 3.28. The summed E-state index contributed by atoms with van der Waals surface area (Å²) >= 11 is 0. The molecular formula is C20H19N3O4. The zero-order chi connectivity index (χ0) is 19.4. The van der Waals surface area contributed by atoms with E-state index in [-0.39, 0.29) is 24.0 Å². The second kappa shape index (κ2) is 7.82. The number of pyridine rings is 1. The number of benzene rings is 1. The van der Waals surface area contributed by atoms with E-state index in [0.29, 0.717) is 23.3 Å². The summed E-state index contributed by atoms with van der Waals surface area (Å²) in [6, 6.07) is 12.0. The van der Waals surface area contributed by atoms with Crippen LogP contribution in [0.25, 0.3) is 5.65 Å². The molecule has 0 atom stereocenters. The van der Waals surface area contributed by atoms with Gasteiger partial charge in [-0.25, -0.2) is 9.78 Å². The highest BCUT2D eigenvalue weighted by Crippen LogP contribution is 2.12. The van der Waals surface area contributed by atoms with Gasteiger partial charge in [-0.15, -0.1) is 0 Å². The molecule has 0 saturated heterocycles. The highest BCUT2D eigenvalue weighted by Gasteiger charge is 2.15. The van der Waals surface area contributed by atoms with E-state index in [1.54, 1.807) is 47.9 Å². The van der Waals surface area contributed by atoms with Crippen LogP contribution in [0, 0.1) is 6.92 Å². The number of aromatic nitrogens is 2. The minimum atomic E-state index is -0.654. The number of rotatable bonds is 6. The molecule has 0 radical (unpaired) electrons. The molecule has 7 heteroatoms. The van der Waals surface area contributed by atoms with E-state index in [9.17, 15) is 14.4 Å². The van der Waals surface area contributed by atoms with E-state index in [2.05, 4.69) is 10.3 Å². The van der Waals surface area contributed by atoms with E-state index in [1.165, 1.54) is 0 Å². The highest BCUT2D eigenvalue weighted by atomic mass is 16.5. The first-order valence-corrected chi connectivity index (χ1v) is 8.53. The van der Waals surface area contributed by atoms with Gasteiger partial charge < -0.3 is 14.5 Å². The first-order valence-electron chi connectivity index (χ1n) is 8.53. The zero-order valence-electron chi connectivity index (χ0n) is 15.1. The lowest BCUT2D eigenvalue weighted by Gasteiger charge is -2.05. The fraction of sp³-hybridized carbons (Fsp3) is 0.200. The lowest BCUT2D eigenvalue weighted by molar-refractivity contribution is -0.115. The van der Waals surface area contributed by atoms with E-state index >= 15 is 0 Å². The van der Waals surface area contributed by atoms with Crippen molar-refractivity contribution in [3.8, 4) is 0 Å². The number of amides is 1. The first kappa shape index (κ1) is 18.3. The predicted octanol–water partition coefficient (Wildman–Crippen LogP) is 3.03. The molecule has 0 fully saturated rings. The van der Waals surface area contributed by atoms with Crippen LogP contribution >= 0.6 is 0 Å². The number of ketones is 1. The largest absolute Gasteiger partial charge is 0.453 e. The van der Waals surface area contributed by atoms with Gasteiger partial charge in [0.25, 0.3) is 0 Å². The monoisotopic (exact) mass is 365 g/mol. The molecule has 2 heterocycles. The number of nitrogens with one attached hydrogen (secondary N) is 1. The summed E-state index contributed by atoms with van der Waals surface area (Å²) in [7, 11) is 0. The van der Waals surface area contributed by atoms with Gasteiger partial charge in [0.05, 0.1) is 0 Å². The summed E-state index contributed by atoms with van der Waals surface area (Å²) in [4.78, 5) is 39.9. The van der Waals surface area contributed by atoms with Crippen LogP contribution in [0.5, 0.6) is 0 Å². The number of fused-ring (bicyclic) bond motifs is 1. The van der Waals surface area contributed by atoms with Gasteiger partial charge in [0, 0.05) is 29.6 Å². The Balaban J connectivity index is 1.61. The Morgan fingerprint density at radius 3 is 2.52 bits per heavy atom. The van der Waals surface area contributed by atoms with Gasteiger partial charge >= 0.3 is 5.97 Å². The molecule has 1 amide bonds. The molecule has 0 unspecified atom stereocenters. The van der Waals surface area contributed by atoms with Crippen LogP contribution in [0.15, 0.2) is 48.7 Å². The number of imidazole rings is 1. The minimum Gasteiger partial charge on any atom is -0.453 e.